The maximum atomic E-state index is 13.3. The molecule has 1 amide bonds. The van der Waals surface area contributed by atoms with Gasteiger partial charge in [0.05, 0.1) is 29.0 Å². The molecule has 0 saturated carbocycles. The van der Waals surface area contributed by atoms with Crippen molar-refractivity contribution in [1.29, 1.82) is 0 Å². The van der Waals surface area contributed by atoms with Gasteiger partial charge in [0.1, 0.15) is 10.8 Å². The van der Waals surface area contributed by atoms with Crippen LogP contribution in [0.1, 0.15) is 36.8 Å². The lowest BCUT2D eigenvalue weighted by Gasteiger charge is -2.24. The summed E-state index contributed by atoms with van der Waals surface area (Å²) in [4.78, 5) is 38.6. The molecule has 0 spiro atoms. The number of hydrogen-bond acceptors (Lipinski definition) is 6. The molecule has 1 fully saturated rings. The predicted octanol–water partition coefficient (Wildman–Crippen LogP) is 4.00. The molecule has 1 unspecified atom stereocenters. The summed E-state index contributed by atoms with van der Waals surface area (Å²) in [6, 6.07) is 8.35. The second kappa shape index (κ2) is 10.5. The molecule has 1 aliphatic heterocycles. The summed E-state index contributed by atoms with van der Waals surface area (Å²) >= 11 is 6.10. The van der Waals surface area contributed by atoms with Crippen molar-refractivity contribution >= 4 is 34.1 Å². The Kier molecular flexibility index (Phi) is 7.37. The minimum Gasteiger partial charge on any atom is -0.492 e. The van der Waals surface area contributed by atoms with E-state index in [9.17, 15) is 19.7 Å². The van der Waals surface area contributed by atoms with Gasteiger partial charge in [-0.2, -0.15) is 0 Å². The molecule has 35 heavy (non-hydrogen) atoms. The summed E-state index contributed by atoms with van der Waals surface area (Å²) in [5.41, 5.74) is 7.27. The Balaban J connectivity index is 1.85. The number of amides is 1. The molecule has 1 aromatic heterocycles. The number of ether oxygens (including phenoxy) is 1. The first kappa shape index (κ1) is 24.7. The number of nitrogens with one attached hydrogen (secondary N) is 2. The van der Waals surface area contributed by atoms with Gasteiger partial charge in [-0.05, 0) is 49.9 Å². The third-order valence-electron chi connectivity index (χ3n) is 6.16. The highest BCUT2D eigenvalue weighted by molar-refractivity contribution is 6.33. The van der Waals surface area contributed by atoms with Gasteiger partial charge in [0.15, 0.2) is 0 Å². The molecule has 3 aromatic rings. The number of nitrogens with zero attached hydrogens (tertiary/aromatic N) is 1. The smallest absolute Gasteiger partial charge is 0.288 e. The lowest BCUT2D eigenvalue weighted by molar-refractivity contribution is -0.384. The van der Waals surface area contributed by atoms with Gasteiger partial charge in [-0.3, -0.25) is 19.7 Å². The maximum Gasteiger partial charge on any atom is 0.288 e. The summed E-state index contributed by atoms with van der Waals surface area (Å²) in [6.45, 7) is 3.13. The molecule has 0 bridgehead atoms. The van der Waals surface area contributed by atoms with Crippen LogP contribution in [0.25, 0.3) is 22.0 Å². The van der Waals surface area contributed by atoms with Crippen molar-refractivity contribution < 1.29 is 14.5 Å². The highest BCUT2D eigenvalue weighted by Gasteiger charge is 2.22. The van der Waals surface area contributed by atoms with Gasteiger partial charge in [-0.1, -0.05) is 41.8 Å². The molecule has 184 valence electrons. The molecular weight excluding hydrogens is 472 g/mol. The SMILES string of the molecule is Cc1cc(CC(N)=O)cc(-c2c(OCCC3CCCCN3)c3cc([N+](=O)[O-])c(Cl)cc3[nH]c2=O)c1. The summed E-state index contributed by atoms with van der Waals surface area (Å²) in [7, 11) is 0. The van der Waals surface area contributed by atoms with Gasteiger partial charge < -0.3 is 20.8 Å². The van der Waals surface area contributed by atoms with E-state index in [0.717, 1.165) is 37.8 Å². The van der Waals surface area contributed by atoms with E-state index in [1.807, 2.05) is 13.0 Å². The number of piperidine rings is 1. The fourth-order valence-electron chi connectivity index (χ4n) is 4.61. The van der Waals surface area contributed by atoms with Gasteiger partial charge >= 0.3 is 0 Å². The van der Waals surface area contributed by atoms with Gasteiger partial charge in [-0.15, -0.1) is 0 Å². The molecule has 10 heteroatoms. The monoisotopic (exact) mass is 498 g/mol. The molecule has 1 saturated heterocycles. The molecule has 4 N–H and O–H groups in total. The second-order valence-electron chi connectivity index (χ2n) is 8.90. The topological polar surface area (TPSA) is 140 Å². The van der Waals surface area contributed by atoms with E-state index in [-0.39, 0.29) is 28.4 Å². The van der Waals surface area contributed by atoms with E-state index in [2.05, 4.69) is 10.3 Å². The van der Waals surface area contributed by atoms with E-state index in [4.69, 9.17) is 22.1 Å². The number of pyridine rings is 1. The Labute approximate surface area is 206 Å². The van der Waals surface area contributed by atoms with Crippen LogP contribution in [-0.4, -0.2) is 35.0 Å². The number of benzene rings is 2. The average molecular weight is 499 g/mol. The second-order valence-corrected chi connectivity index (χ2v) is 9.31. The van der Waals surface area contributed by atoms with Gasteiger partial charge in [0, 0.05) is 17.5 Å². The molecule has 9 nitrogen and oxygen atoms in total. The minimum atomic E-state index is -0.570. The van der Waals surface area contributed by atoms with Crippen molar-refractivity contribution in [2.45, 2.75) is 45.1 Å². The van der Waals surface area contributed by atoms with Crippen LogP contribution in [0.5, 0.6) is 5.75 Å². The van der Waals surface area contributed by atoms with Crippen molar-refractivity contribution in [2.75, 3.05) is 13.2 Å². The Hall–Kier alpha value is -3.43. The van der Waals surface area contributed by atoms with Crippen LogP contribution in [0.15, 0.2) is 35.1 Å². The van der Waals surface area contributed by atoms with Crippen LogP contribution in [0, 0.1) is 17.0 Å². The van der Waals surface area contributed by atoms with Crippen LogP contribution < -0.4 is 21.3 Å². The van der Waals surface area contributed by atoms with Crippen LogP contribution >= 0.6 is 11.6 Å². The Morgan fingerprint density at radius 1 is 1.26 bits per heavy atom. The number of aryl methyl sites for hydroxylation is 1. The average Bonchev–Trinajstić information content (AvgIpc) is 2.78. The Morgan fingerprint density at radius 2 is 2.06 bits per heavy atom. The van der Waals surface area contributed by atoms with Crippen molar-refractivity contribution in [2.24, 2.45) is 5.73 Å². The highest BCUT2D eigenvalue weighted by Crippen LogP contribution is 2.38. The number of nitrogens with two attached hydrogens (primary N) is 1. The van der Waals surface area contributed by atoms with Gasteiger partial charge in [0.25, 0.3) is 11.2 Å². The van der Waals surface area contributed by atoms with Crippen molar-refractivity contribution in [3.8, 4) is 16.9 Å². The molecule has 2 aromatic carbocycles. The number of rotatable bonds is 8. The van der Waals surface area contributed by atoms with Crippen LogP contribution in [0.3, 0.4) is 0 Å². The third kappa shape index (κ3) is 5.63. The number of aromatic amines is 1. The molecule has 1 atom stereocenters. The molecule has 0 aliphatic carbocycles. The first-order valence-corrected chi connectivity index (χ1v) is 11.9. The molecular formula is C25H27ClN4O5. The molecule has 2 heterocycles. The lowest BCUT2D eigenvalue weighted by atomic mass is 9.97. The normalized spacial score (nSPS) is 15.8. The molecule has 4 rings (SSSR count). The summed E-state index contributed by atoms with van der Waals surface area (Å²) in [5.74, 6) is -0.245. The van der Waals surface area contributed by atoms with Crippen LogP contribution in [0.2, 0.25) is 5.02 Å². The van der Waals surface area contributed by atoms with Crippen molar-refractivity contribution in [1.82, 2.24) is 10.3 Å². The minimum absolute atomic E-state index is 0.0186. The summed E-state index contributed by atoms with van der Waals surface area (Å²) in [5, 5.41) is 15.3. The number of hydrogen-bond donors (Lipinski definition) is 3. The summed E-state index contributed by atoms with van der Waals surface area (Å²) in [6.07, 6.45) is 4.08. The molecule has 1 aliphatic rings. The summed E-state index contributed by atoms with van der Waals surface area (Å²) < 4.78 is 6.21. The fraction of sp³-hybridized carbons (Fsp3) is 0.360. The Bertz CT molecular complexity index is 1350. The maximum absolute atomic E-state index is 13.3. The predicted molar refractivity (Wildman–Crippen MR) is 135 cm³/mol. The number of H-pyrrole nitrogens is 1. The standard InChI is InChI=1S/C25H27ClN4O5/c1-14-8-15(11-22(27)31)10-16(9-14)23-24(35-7-5-17-4-2-3-6-28-17)18-12-21(30(33)34)19(26)13-20(18)29-25(23)32/h8-10,12-13,17,28H,2-7,11H2,1H3,(H2,27,31)(H,29,32). The molecule has 0 radical (unpaired) electrons. The highest BCUT2D eigenvalue weighted by atomic mass is 35.5. The zero-order chi connectivity index (χ0) is 25.1. The zero-order valence-electron chi connectivity index (χ0n) is 19.4. The third-order valence-corrected chi connectivity index (χ3v) is 6.46. The quantitative estimate of drug-likeness (QED) is 0.316. The van der Waals surface area contributed by atoms with Crippen molar-refractivity contribution in [3.63, 3.8) is 0 Å². The first-order valence-electron chi connectivity index (χ1n) is 11.5. The zero-order valence-corrected chi connectivity index (χ0v) is 20.1. The Morgan fingerprint density at radius 3 is 2.74 bits per heavy atom. The number of fused-ring (bicyclic) bond motifs is 1. The first-order chi connectivity index (χ1) is 16.7. The van der Waals surface area contributed by atoms with E-state index in [1.165, 1.54) is 12.1 Å². The fourth-order valence-corrected chi connectivity index (χ4v) is 4.84. The van der Waals surface area contributed by atoms with E-state index < -0.39 is 16.4 Å². The van der Waals surface area contributed by atoms with E-state index in [0.29, 0.717) is 34.7 Å². The number of carbonyl (C=O) groups is 1. The number of nitro groups is 1. The van der Waals surface area contributed by atoms with E-state index in [1.54, 1.807) is 12.1 Å². The van der Waals surface area contributed by atoms with Gasteiger partial charge in [-0.25, -0.2) is 0 Å². The van der Waals surface area contributed by atoms with Crippen molar-refractivity contribution in [3.05, 3.63) is 66.9 Å². The van der Waals surface area contributed by atoms with Gasteiger partial charge in [0.2, 0.25) is 5.91 Å². The number of halogens is 1. The lowest BCUT2D eigenvalue weighted by Crippen LogP contribution is -2.35. The van der Waals surface area contributed by atoms with E-state index >= 15 is 0 Å². The van der Waals surface area contributed by atoms with Crippen LogP contribution in [-0.2, 0) is 11.2 Å². The largest absolute Gasteiger partial charge is 0.492 e. The number of aromatic nitrogens is 1. The number of primary amides is 1. The number of carbonyl (C=O) groups excluding carboxylic acids is 1. The number of nitro benzene ring substituents is 1. The van der Waals surface area contributed by atoms with Crippen LogP contribution in [0.4, 0.5) is 5.69 Å².